The highest BCUT2D eigenvalue weighted by Gasteiger charge is 2.03. The molecular weight excluding hydrogens is 236 g/mol. The van der Waals surface area contributed by atoms with E-state index in [-0.39, 0.29) is 12.5 Å². The molecule has 0 saturated carbocycles. The van der Waals surface area contributed by atoms with Gasteiger partial charge in [0.1, 0.15) is 13.6 Å². The second kappa shape index (κ2) is 6.69. The summed E-state index contributed by atoms with van der Waals surface area (Å²) in [5.74, 6) is 0.581. The number of hydrogen-bond donors (Lipinski definition) is 1. The van der Waals surface area contributed by atoms with Crippen LogP contribution in [0.25, 0.3) is 0 Å². The first-order valence-corrected chi connectivity index (χ1v) is 6.24. The van der Waals surface area contributed by atoms with Crippen LogP contribution >= 0.6 is 0 Å². The maximum atomic E-state index is 11.6. The Balaban J connectivity index is 1.74. The molecule has 2 aromatic carbocycles. The van der Waals surface area contributed by atoms with E-state index in [1.165, 1.54) is 5.46 Å². The van der Waals surface area contributed by atoms with Crippen molar-refractivity contribution in [3.05, 3.63) is 54.6 Å². The van der Waals surface area contributed by atoms with Gasteiger partial charge in [-0.2, -0.15) is 0 Å². The molecule has 1 N–H and O–H groups in total. The fourth-order valence-electron chi connectivity index (χ4n) is 1.62. The van der Waals surface area contributed by atoms with Crippen molar-refractivity contribution in [1.82, 2.24) is 5.23 Å². The second-order valence-corrected chi connectivity index (χ2v) is 4.36. The predicted molar refractivity (Wildman–Crippen MR) is 81.5 cm³/mol. The highest BCUT2D eigenvalue weighted by atomic mass is 16.5. The predicted octanol–water partition coefficient (Wildman–Crippen LogP) is -0.883. The van der Waals surface area contributed by atoms with E-state index in [1.807, 2.05) is 62.4 Å². The molecule has 0 spiro atoms. The summed E-state index contributed by atoms with van der Waals surface area (Å²) in [6.45, 7) is 0.0376. The van der Waals surface area contributed by atoms with E-state index in [9.17, 15) is 4.79 Å². The van der Waals surface area contributed by atoms with E-state index in [1.54, 1.807) is 0 Å². The fourth-order valence-corrected chi connectivity index (χ4v) is 1.62. The van der Waals surface area contributed by atoms with Gasteiger partial charge in [-0.3, -0.25) is 4.79 Å². The third-order valence-corrected chi connectivity index (χ3v) is 2.72. The summed E-state index contributed by atoms with van der Waals surface area (Å²) in [5, 5.41) is 2.82. The van der Waals surface area contributed by atoms with Crippen molar-refractivity contribution in [2.75, 3.05) is 6.61 Å². The third-order valence-electron chi connectivity index (χ3n) is 2.72. The lowest BCUT2D eigenvalue weighted by atomic mass is 9.81. The minimum absolute atomic E-state index is 0.0376. The second-order valence-electron chi connectivity index (χ2n) is 4.36. The number of benzene rings is 2. The summed E-state index contributed by atoms with van der Waals surface area (Å²) in [6.07, 6.45) is 0. The van der Waals surface area contributed by atoms with Gasteiger partial charge in [-0.05, 0) is 12.1 Å². The van der Waals surface area contributed by atoms with Gasteiger partial charge in [-0.15, -0.1) is 0 Å². The molecule has 2 rings (SSSR count). The molecule has 0 aromatic heterocycles. The number of rotatable bonds is 5. The van der Waals surface area contributed by atoms with Crippen LogP contribution in [0.15, 0.2) is 54.6 Å². The van der Waals surface area contributed by atoms with Crippen molar-refractivity contribution in [2.45, 2.75) is 0 Å². The van der Waals surface area contributed by atoms with Gasteiger partial charge in [0.25, 0.3) is 7.41 Å². The fraction of sp³-hybridized carbons (Fsp3) is 0.0714. The molecule has 2 aromatic rings. The van der Waals surface area contributed by atoms with E-state index in [0.717, 1.165) is 5.46 Å². The first kappa shape index (κ1) is 13.3. The zero-order chi connectivity index (χ0) is 13.5. The van der Waals surface area contributed by atoms with Gasteiger partial charge in [-0.1, -0.05) is 53.4 Å². The first-order valence-electron chi connectivity index (χ1n) is 6.24. The zero-order valence-corrected chi connectivity index (χ0v) is 10.9. The lowest BCUT2D eigenvalue weighted by Gasteiger charge is -2.06. The van der Waals surface area contributed by atoms with Crippen LogP contribution in [-0.2, 0) is 4.79 Å². The van der Waals surface area contributed by atoms with Crippen LogP contribution < -0.4 is 20.9 Å². The van der Waals surface area contributed by atoms with Crippen LogP contribution in [0.3, 0.4) is 0 Å². The molecule has 1 amide bonds. The standard InChI is InChI=1S/C14H15B2NO2/c15-11-6-8-12(9-7-11)16-17-14(18)10-19-13-4-2-1-3-5-13/h1-9,16H,10,15H2,(H,17,18). The molecule has 0 radical (unpaired) electrons. The highest BCUT2D eigenvalue weighted by molar-refractivity contribution is 6.54. The van der Waals surface area contributed by atoms with Gasteiger partial charge in [0.2, 0.25) is 5.91 Å². The van der Waals surface area contributed by atoms with E-state index in [2.05, 4.69) is 5.23 Å². The van der Waals surface area contributed by atoms with Crippen molar-refractivity contribution in [2.24, 2.45) is 0 Å². The van der Waals surface area contributed by atoms with Crippen LogP contribution in [-0.4, -0.2) is 27.8 Å². The van der Waals surface area contributed by atoms with Gasteiger partial charge in [0.15, 0.2) is 6.61 Å². The number of nitrogens with one attached hydrogen (secondary N) is 1. The van der Waals surface area contributed by atoms with Crippen molar-refractivity contribution in [3.8, 4) is 5.75 Å². The molecule has 0 saturated heterocycles. The average molecular weight is 251 g/mol. The third kappa shape index (κ3) is 4.54. The van der Waals surface area contributed by atoms with Crippen molar-refractivity contribution < 1.29 is 9.53 Å². The highest BCUT2D eigenvalue weighted by Crippen LogP contribution is 2.07. The number of amides is 1. The minimum Gasteiger partial charge on any atom is -0.484 e. The topological polar surface area (TPSA) is 38.3 Å². The Morgan fingerprint density at radius 2 is 1.79 bits per heavy atom. The molecule has 0 aliphatic heterocycles. The number of para-hydroxylation sites is 1. The summed E-state index contributed by atoms with van der Waals surface area (Å²) >= 11 is 0. The van der Waals surface area contributed by atoms with Gasteiger partial charge < -0.3 is 9.96 Å². The average Bonchev–Trinajstić information content (AvgIpc) is 2.45. The quantitative estimate of drug-likeness (QED) is 0.700. The molecule has 94 valence electrons. The molecular formula is C14H15B2NO2. The number of carbonyl (C=O) groups excluding carboxylic acids is 1. The molecule has 3 nitrogen and oxygen atoms in total. The Kier molecular flexibility index (Phi) is 4.67. The summed E-state index contributed by atoms with van der Waals surface area (Å²) in [4.78, 5) is 11.6. The summed E-state index contributed by atoms with van der Waals surface area (Å²) < 4.78 is 5.36. The molecule has 0 fully saturated rings. The SMILES string of the molecule is Bc1ccc(BNC(=O)COc2ccccc2)cc1. The van der Waals surface area contributed by atoms with Crippen LogP contribution in [0.2, 0.25) is 0 Å². The molecule has 0 aliphatic carbocycles. The number of ether oxygens (including phenoxy) is 1. The normalized spacial score (nSPS) is 9.68. The monoisotopic (exact) mass is 251 g/mol. The van der Waals surface area contributed by atoms with E-state index >= 15 is 0 Å². The zero-order valence-electron chi connectivity index (χ0n) is 10.9. The number of hydrogen-bond acceptors (Lipinski definition) is 2. The van der Waals surface area contributed by atoms with Gasteiger partial charge in [0.05, 0.1) is 0 Å². The molecule has 19 heavy (non-hydrogen) atoms. The Bertz CT molecular complexity index is 529. The van der Waals surface area contributed by atoms with Crippen LogP contribution in [0.5, 0.6) is 5.75 Å². The van der Waals surface area contributed by atoms with E-state index < -0.39 is 0 Å². The molecule has 0 atom stereocenters. The van der Waals surface area contributed by atoms with Crippen LogP contribution in [0, 0.1) is 0 Å². The molecule has 5 heteroatoms. The molecule has 0 aliphatic rings. The van der Waals surface area contributed by atoms with Gasteiger partial charge >= 0.3 is 0 Å². The molecule has 0 heterocycles. The van der Waals surface area contributed by atoms with Crippen LogP contribution in [0.4, 0.5) is 0 Å². The summed E-state index contributed by atoms with van der Waals surface area (Å²) in [5.41, 5.74) is 2.29. The lowest BCUT2D eigenvalue weighted by Crippen LogP contribution is -2.38. The Hall–Kier alpha value is -2.16. The Labute approximate surface area is 114 Å². The van der Waals surface area contributed by atoms with Gasteiger partial charge in [0, 0.05) is 0 Å². The van der Waals surface area contributed by atoms with Crippen molar-refractivity contribution in [3.63, 3.8) is 0 Å². The van der Waals surface area contributed by atoms with Crippen LogP contribution in [0.1, 0.15) is 0 Å². The van der Waals surface area contributed by atoms with Gasteiger partial charge in [-0.25, -0.2) is 0 Å². The van der Waals surface area contributed by atoms with Crippen molar-refractivity contribution in [1.29, 1.82) is 0 Å². The number of carbonyl (C=O) groups is 1. The maximum Gasteiger partial charge on any atom is 0.270 e. The molecule has 0 unspecified atom stereocenters. The van der Waals surface area contributed by atoms with E-state index in [0.29, 0.717) is 13.2 Å². The van der Waals surface area contributed by atoms with E-state index in [4.69, 9.17) is 4.74 Å². The maximum absolute atomic E-state index is 11.6. The Morgan fingerprint density at radius 1 is 1.11 bits per heavy atom. The smallest absolute Gasteiger partial charge is 0.270 e. The lowest BCUT2D eigenvalue weighted by molar-refractivity contribution is -0.121. The minimum atomic E-state index is -0.121. The Morgan fingerprint density at radius 3 is 2.47 bits per heavy atom. The van der Waals surface area contributed by atoms with Crippen molar-refractivity contribution >= 4 is 32.1 Å². The summed E-state index contributed by atoms with van der Waals surface area (Å²) in [6, 6.07) is 17.4. The largest absolute Gasteiger partial charge is 0.484 e. The summed E-state index contributed by atoms with van der Waals surface area (Å²) in [7, 11) is 2.56. The first-order chi connectivity index (χ1) is 9.24. The molecule has 0 bridgehead atoms.